The zero-order valence-electron chi connectivity index (χ0n) is 14.8. The molecule has 6 heteroatoms. The second kappa shape index (κ2) is 7.49. The Balaban J connectivity index is 1.82. The molecule has 0 aliphatic heterocycles. The highest BCUT2D eigenvalue weighted by Crippen LogP contribution is 2.26. The summed E-state index contributed by atoms with van der Waals surface area (Å²) in [6.07, 6.45) is 0. The van der Waals surface area contributed by atoms with E-state index in [1.54, 1.807) is 11.4 Å². The lowest BCUT2D eigenvalue weighted by Crippen LogP contribution is -2.15. The lowest BCUT2D eigenvalue weighted by Gasteiger charge is -2.11. The molecule has 0 radical (unpaired) electrons. The zero-order chi connectivity index (χ0) is 18.7. The van der Waals surface area contributed by atoms with Crippen molar-refractivity contribution in [2.24, 2.45) is 0 Å². The van der Waals surface area contributed by atoms with Crippen molar-refractivity contribution >= 4 is 34.5 Å². The van der Waals surface area contributed by atoms with E-state index in [2.05, 4.69) is 15.6 Å². The van der Waals surface area contributed by atoms with Gasteiger partial charge < -0.3 is 10.6 Å². The number of carbonyl (C=O) groups is 2. The van der Waals surface area contributed by atoms with Crippen LogP contribution in [0.4, 0.5) is 11.4 Å². The van der Waals surface area contributed by atoms with Gasteiger partial charge in [0.1, 0.15) is 10.7 Å². The molecule has 0 aliphatic carbocycles. The number of carbonyl (C=O) groups excluding carboxylic acids is 2. The third-order valence-electron chi connectivity index (χ3n) is 3.77. The molecule has 0 unspecified atom stereocenters. The van der Waals surface area contributed by atoms with Gasteiger partial charge >= 0.3 is 0 Å². The molecule has 1 heterocycles. The third-order valence-corrected chi connectivity index (χ3v) is 4.66. The number of thiazole rings is 1. The van der Waals surface area contributed by atoms with Crippen LogP contribution < -0.4 is 10.6 Å². The molecular weight excluding hydrogens is 346 g/mol. The van der Waals surface area contributed by atoms with Crippen LogP contribution >= 0.6 is 11.3 Å². The van der Waals surface area contributed by atoms with Crippen molar-refractivity contribution < 1.29 is 9.59 Å². The number of anilines is 2. The standard InChI is InChI=1S/C20H19N3O2S/c1-12-4-7-15(8-5-12)20-23-18(11-26-20)19(25)22-17-10-13(2)6-9-16(17)21-14(3)24/h4-11H,1-3H3,(H,21,24)(H,22,25). The number of hydrogen-bond donors (Lipinski definition) is 2. The summed E-state index contributed by atoms with van der Waals surface area (Å²) < 4.78 is 0. The molecule has 0 fully saturated rings. The van der Waals surface area contributed by atoms with E-state index in [4.69, 9.17) is 0 Å². The molecule has 132 valence electrons. The van der Waals surface area contributed by atoms with Gasteiger partial charge in [-0.15, -0.1) is 11.3 Å². The summed E-state index contributed by atoms with van der Waals surface area (Å²) in [6, 6.07) is 13.5. The normalized spacial score (nSPS) is 10.4. The molecule has 1 aromatic heterocycles. The molecule has 2 amide bonds. The lowest BCUT2D eigenvalue weighted by atomic mass is 10.1. The predicted octanol–water partition coefficient (Wildman–Crippen LogP) is 4.64. The van der Waals surface area contributed by atoms with Gasteiger partial charge in [0.15, 0.2) is 0 Å². The average molecular weight is 365 g/mol. The van der Waals surface area contributed by atoms with Crippen molar-refractivity contribution in [3.8, 4) is 10.6 Å². The number of nitrogens with zero attached hydrogens (tertiary/aromatic N) is 1. The van der Waals surface area contributed by atoms with Gasteiger partial charge in [0.2, 0.25) is 5.91 Å². The van der Waals surface area contributed by atoms with Crippen molar-refractivity contribution in [3.05, 3.63) is 64.7 Å². The van der Waals surface area contributed by atoms with Crippen LogP contribution in [0.25, 0.3) is 10.6 Å². The van der Waals surface area contributed by atoms with Crippen molar-refractivity contribution in [2.45, 2.75) is 20.8 Å². The molecule has 5 nitrogen and oxygen atoms in total. The Bertz CT molecular complexity index is 961. The van der Waals surface area contributed by atoms with E-state index in [-0.39, 0.29) is 11.8 Å². The largest absolute Gasteiger partial charge is 0.325 e. The highest BCUT2D eigenvalue weighted by atomic mass is 32.1. The summed E-state index contributed by atoms with van der Waals surface area (Å²) in [5.41, 5.74) is 4.59. The van der Waals surface area contributed by atoms with E-state index in [1.807, 2.05) is 50.2 Å². The highest BCUT2D eigenvalue weighted by Gasteiger charge is 2.14. The minimum atomic E-state index is -0.309. The van der Waals surface area contributed by atoms with E-state index in [9.17, 15) is 9.59 Å². The summed E-state index contributed by atoms with van der Waals surface area (Å²) in [7, 11) is 0. The van der Waals surface area contributed by atoms with Crippen LogP contribution in [0, 0.1) is 13.8 Å². The second-order valence-corrected chi connectivity index (χ2v) is 6.95. The van der Waals surface area contributed by atoms with Crippen LogP contribution in [0.3, 0.4) is 0 Å². The van der Waals surface area contributed by atoms with Crippen LogP contribution in [0.2, 0.25) is 0 Å². The second-order valence-electron chi connectivity index (χ2n) is 6.09. The molecule has 0 atom stereocenters. The molecule has 26 heavy (non-hydrogen) atoms. The van der Waals surface area contributed by atoms with Crippen LogP contribution in [-0.2, 0) is 4.79 Å². The summed E-state index contributed by atoms with van der Waals surface area (Å²) in [6.45, 7) is 5.38. The maximum Gasteiger partial charge on any atom is 0.275 e. The molecule has 2 aromatic carbocycles. The van der Waals surface area contributed by atoms with E-state index in [0.717, 1.165) is 16.1 Å². The first-order valence-corrected chi connectivity index (χ1v) is 9.02. The Labute approximate surface area is 156 Å². The smallest absolute Gasteiger partial charge is 0.275 e. The van der Waals surface area contributed by atoms with Crippen molar-refractivity contribution in [2.75, 3.05) is 10.6 Å². The molecule has 0 aliphatic rings. The van der Waals surface area contributed by atoms with Crippen molar-refractivity contribution in [1.29, 1.82) is 0 Å². The number of aryl methyl sites for hydroxylation is 2. The first-order valence-electron chi connectivity index (χ1n) is 8.14. The summed E-state index contributed by atoms with van der Waals surface area (Å²) in [4.78, 5) is 28.4. The first-order chi connectivity index (χ1) is 12.4. The monoisotopic (exact) mass is 365 g/mol. The number of rotatable bonds is 4. The topological polar surface area (TPSA) is 71.1 Å². The zero-order valence-corrected chi connectivity index (χ0v) is 15.6. The van der Waals surface area contributed by atoms with Gasteiger partial charge in [-0.1, -0.05) is 35.9 Å². The maximum atomic E-state index is 12.6. The van der Waals surface area contributed by atoms with E-state index >= 15 is 0 Å². The van der Waals surface area contributed by atoms with E-state index in [1.165, 1.54) is 23.8 Å². The fourth-order valence-electron chi connectivity index (χ4n) is 2.45. The Morgan fingerprint density at radius 1 is 0.923 bits per heavy atom. The molecule has 0 bridgehead atoms. The number of benzene rings is 2. The Kier molecular flexibility index (Phi) is 5.14. The average Bonchev–Trinajstić information content (AvgIpc) is 3.08. The molecule has 2 N–H and O–H groups in total. The van der Waals surface area contributed by atoms with E-state index in [0.29, 0.717) is 17.1 Å². The number of amides is 2. The van der Waals surface area contributed by atoms with Gasteiger partial charge in [-0.2, -0.15) is 0 Å². The summed E-state index contributed by atoms with van der Waals surface area (Å²) in [5, 5.41) is 8.09. The molecule has 3 aromatic rings. The van der Waals surface area contributed by atoms with Gasteiger partial charge in [-0.05, 0) is 31.5 Å². The summed E-state index contributed by atoms with van der Waals surface area (Å²) >= 11 is 1.42. The molecule has 3 rings (SSSR count). The van der Waals surface area contributed by atoms with Gasteiger partial charge in [-0.25, -0.2) is 4.98 Å². The van der Waals surface area contributed by atoms with Crippen molar-refractivity contribution in [1.82, 2.24) is 4.98 Å². The van der Waals surface area contributed by atoms with Crippen LogP contribution in [-0.4, -0.2) is 16.8 Å². The molecule has 0 saturated heterocycles. The van der Waals surface area contributed by atoms with Gasteiger partial charge in [0.25, 0.3) is 5.91 Å². The van der Waals surface area contributed by atoms with Crippen LogP contribution in [0.15, 0.2) is 47.8 Å². The minimum Gasteiger partial charge on any atom is -0.325 e. The molecule has 0 spiro atoms. The fraction of sp³-hybridized carbons (Fsp3) is 0.150. The minimum absolute atomic E-state index is 0.195. The molecule has 0 saturated carbocycles. The van der Waals surface area contributed by atoms with E-state index < -0.39 is 0 Å². The Morgan fingerprint density at radius 3 is 2.31 bits per heavy atom. The van der Waals surface area contributed by atoms with Gasteiger partial charge in [-0.3, -0.25) is 9.59 Å². The first kappa shape index (κ1) is 17.8. The SMILES string of the molecule is CC(=O)Nc1ccc(C)cc1NC(=O)c1csc(-c2ccc(C)cc2)n1. The van der Waals surface area contributed by atoms with Crippen molar-refractivity contribution in [3.63, 3.8) is 0 Å². The lowest BCUT2D eigenvalue weighted by molar-refractivity contribution is -0.114. The van der Waals surface area contributed by atoms with Crippen LogP contribution in [0.1, 0.15) is 28.5 Å². The van der Waals surface area contributed by atoms with Gasteiger partial charge in [0.05, 0.1) is 11.4 Å². The maximum absolute atomic E-state index is 12.6. The van der Waals surface area contributed by atoms with Crippen LogP contribution in [0.5, 0.6) is 0 Å². The summed E-state index contributed by atoms with van der Waals surface area (Å²) in [5.74, 6) is -0.503. The number of nitrogens with one attached hydrogen (secondary N) is 2. The molecular formula is C20H19N3O2S. The van der Waals surface area contributed by atoms with Gasteiger partial charge in [0, 0.05) is 17.9 Å². The number of hydrogen-bond acceptors (Lipinski definition) is 4. The Hall–Kier alpha value is -2.99. The Morgan fingerprint density at radius 2 is 1.62 bits per heavy atom. The highest BCUT2D eigenvalue weighted by molar-refractivity contribution is 7.13. The third kappa shape index (κ3) is 4.15. The fourth-order valence-corrected chi connectivity index (χ4v) is 3.26. The predicted molar refractivity (Wildman–Crippen MR) is 106 cm³/mol. The number of aromatic nitrogens is 1. The quantitative estimate of drug-likeness (QED) is 0.708.